The fourth-order valence-corrected chi connectivity index (χ4v) is 3.00. The molecule has 0 radical (unpaired) electrons. The minimum atomic E-state index is -0.503. The summed E-state index contributed by atoms with van der Waals surface area (Å²) in [4.78, 5) is 27.3. The zero-order chi connectivity index (χ0) is 19.4. The Morgan fingerprint density at radius 2 is 1.93 bits per heavy atom. The molecular formula is C18H17N5O3S. The number of aryl methyl sites for hydroxylation is 2. The van der Waals surface area contributed by atoms with Crippen LogP contribution in [0.3, 0.4) is 0 Å². The van der Waals surface area contributed by atoms with Gasteiger partial charge in [0.05, 0.1) is 10.7 Å². The van der Waals surface area contributed by atoms with Crippen LogP contribution in [0.5, 0.6) is 0 Å². The van der Waals surface area contributed by atoms with E-state index in [9.17, 15) is 14.9 Å². The molecule has 0 aliphatic heterocycles. The van der Waals surface area contributed by atoms with E-state index in [0.717, 1.165) is 28.5 Å². The Bertz CT molecular complexity index is 988. The number of carbonyl (C=O) groups is 1. The van der Waals surface area contributed by atoms with E-state index in [1.165, 1.54) is 6.07 Å². The van der Waals surface area contributed by atoms with Crippen molar-refractivity contribution in [3.05, 3.63) is 63.7 Å². The molecule has 8 nitrogen and oxygen atoms in total. The molecule has 9 heteroatoms. The maximum Gasteiger partial charge on any atom is 0.293 e. The molecule has 138 valence electrons. The van der Waals surface area contributed by atoms with Gasteiger partial charge >= 0.3 is 0 Å². The molecule has 0 aliphatic carbocycles. The van der Waals surface area contributed by atoms with Crippen LogP contribution in [0.15, 0.2) is 47.6 Å². The highest BCUT2D eigenvalue weighted by Gasteiger charge is 2.18. The summed E-state index contributed by atoms with van der Waals surface area (Å²) in [5.41, 5.74) is 2.62. The molecule has 0 saturated carbocycles. The number of hydrogen-bond donors (Lipinski definition) is 2. The van der Waals surface area contributed by atoms with Gasteiger partial charge in [0, 0.05) is 11.6 Å². The van der Waals surface area contributed by atoms with E-state index in [4.69, 9.17) is 0 Å². The Hall–Kier alpha value is -3.20. The summed E-state index contributed by atoms with van der Waals surface area (Å²) >= 11 is 1.15. The summed E-state index contributed by atoms with van der Waals surface area (Å²) in [6.07, 6.45) is 0. The zero-order valence-corrected chi connectivity index (χ0v) is 15.5. The minimum Gasteiger partial charge on any atom is -0.320 e. The van der Waals surface area contributed by atoms with Crippen LogP contribution >= 0.6 is 11.8 Å². The standard InChI is InChI=1S/C18H17N5O3S/c1-11-8-14(15(23(25)26)9-12(11)2)19-16(24)10-27-18-20-17(21-22-18)13-6-4-3-5-7-13/h3-9H,10H2,1-2H3,(H,19,24)(H,20,21,22). The van der Waals surface area contributed by atoms with Gasteiger partial charge in [-0.1, -0.05) is 42.1 Å². The first kappa shape index (κ1) is 18.6. The van der Waals surface area contributed by atoms with Crippen molar-refractivity contribution in [2.75, 3.05) is 11.1 Å². The molecule has 0 saturated heterocycles. The van der Waals surface area contributed by atoms with Crippen LogP contribution in [0, 0.1) is 24.0 Å². The number of amides is 1. The van der Waals surface area contributed by atoms with Crippen LogP contribution < -0.4 is 5.32 Å². The second-order valence-corrected chi connectivity index (χ2v) is 6.82. The number of thioether (sulfide) groups is 1. The molecule has 1 heterocycles. The highest BCUT2D eigenvalue weighted by Crippen LogP contribution is 2.28. The molecule has 27 heavy (non-hydrogen) atoms. The molecule has 2 N–H and O–H groups in total. The van der Waals surface area contributed by atoms with Crippen molar-refractivity contribution >= 4 is 29.0 Å². The molecule has 3 aromatic rings. The first-order valence-corrected chi connectivity index (χ1v) is 9.08. The summed E-state index contributed by atoms with van der Waals surface area (Å²) in [7, 11) is 0. The van der Waals surface area contributed by atoms with Crippen molar-refractivity contribution < 1.29 is 9.72 Å². The maximum atomic E-state index is 12.2. The van der Waals surface area contributed by atoms with Crippen LogP contribution in [0.25, 0.3) is 11.4 Å². The summed E-state index contributed by atoms with van der Waals surface area (Å²) in [6, 6.07) is 12.6. The Morgan fingerprint density at radius 1 is 1.22 bits per heavy atom. The predicted molar refractivity (Wildman–Crippen MR) is 104 cm³/mol. The number of hydrogen-bond acceptors (Lipinski definition) is 6. The number of nitro groups is 1. The number of H-pyrrole nitrogens is 1. The topological polar surface area (TPSA) is 114 Å². The van der Waals surface area contributed by atoms with Crippen molar-refractivity contribution in [3.63, 3.8) is 0 Å². The lowest BCUT2D eigenvalue weighted by Gasteiger charge is -2.08. The number of aromatic nitrogens is 3. The molecule has 2 aromatic carbocycles. The van der Waals surface area contributed by atoms with E-state index in [1.54, 1.807) is 13.0 Å². The molecular weight excluding hydrogens is 366 g/mol. The fraction of sp³-hybridized carbons (Fsp3) is 0.167. The predicted octanol–water partition coefficient (Wildman–Crippen LogP) is 3.73. The van der Waals surface area contributed by atoms with Gasteiger partial charge in [-0.15, -0.1) is 5.10 Å². The van der Waals surface area contributed by atoms with E-state index in [0.29, 0.717) is 11.0 Å². The van der Waals surface area contributed by atoms with Gasteiger partial charge < -0.3 is 5.32 Å². The minimum absolute atomic E-state index is 0.0379. The lowest BCUT2D eigenvalue weighted by molar-refractivity contribution is -0.384. The number of benzene rings is 2. The van der Waals surface area contributed by atoms with Crippen LogP contribution in [-0.4, -0.2) is 31.8 Å². The average Bonchev–Trinajstić information content (AvgIpc) is 3.12. The maximum absolute atomic E-state index is 12.2. The number of nitrogens with one attached hydrogen (secondary N) is 2. The van der Waals surface area contributed by atoms with E-state index in [2.05, 4.69) is 20.5 Å². The smallest absolute Gasteiger partial charge is 0.293 e. The second kappa shape index (κ2) is 8.00. The van der Waals surface area contributed by atoms with E-state index in [-0.39, 0.29) is 23.0 Å². The van der Waals surface area contributed by atoms with E-state index >= 15 is 0 Å². The van der Waals surface area contributed by atoms with Crippen LogP contribution in [0.4, 0.5) is 11.4 Å². The normalized spacial score (nSPS) is 10.6. The Balaban J connectivity index is 1.65. The SMILES string of the molecule is Cc1cc(NC(=O)CSc2n[nH]c(-c3ccccc3)n2)c([N+](=O)[O-])cc1C. The Kier molecular flexibility index (Phi) is 5.51. The lowest BCUT2D eigenvalue weighted by Crippen LogP contribution is -2.15. The summed E-state index contributed by atoms with van der Waals surface area (Å²) in [5, 5.41) is 21.2. The van der Waals surface area contributed by atoms with Crippen molar-refractivity contribution in [1.29, 1.82) is 0 Å². The fourth-order valence-electron chi connectivity index (χ4n) is 2.40. The van der Waals surface area contributed by atoms with Gasteiger partial charge in [0.15, 0.2) is 5.82 Å². The van der Waals surface area contributed by atoms with Crippen LogP contribution in [-0.2, 0) is 4.79 Å². The van der Waals surface area contributed by atoms with Gasteiger partial charge in [0.1, 0.15) is 5.69 Å². The van der Waals surface area contributed by atoms with Crippen molar-refractivity contribution in [2.24, 2.45) is 0 Å². The molecule has 0 atom stereocenters. The summed E-state index contributed by atoms with van der Waals surface area (Å²) < 4.78 is 0. The van der Waals surface area contributed by atoms with Gasteiger partial charge in [-0.3, -0.25) is 20.0 Å². The third-order valence-corrected chi connectivity index (χ3v) is 4.77. The molecule has 1 amide bonds. The molecule has 1 aromatic heterocycles. The van der Waals surface area contributed by atoms with Gasteiger partial charge in [0.25, 0.3) is 5.69 Å². The van der Waals surface area contributed by atoms with Crippen molar-refractivity contribution in [3.8, 4) is 11.4 Å². The molecule has 3 rings (SSSR count). The number of carbonyl (C=O) groups excluding carboxylic acids is 1. The largest absolute Gasteiger partial charge is 0.320 e. The first-order chi connectivity index (χ1) is 12.9. The monoisotopic (exact) mass is 383 g/mol. The van der Waals surface area contributed by atoms with Crippen LogP contribution in [0.1, 0.15) is 11.1 Å². The highest BCUT2D eigenvalue weighted by atomic mass is 32.2. The van der Waals surface area contributed by atoms with Crippen molar-refractivity contribution in [1.82, 2.24) is 15.2 Å². The van der Waals surface area contributed by atoms with Gasteiger partial charge in [-0.2, -0.15) is 0 Å². The average molecular weight is 383 g/mol. The molecule has 0 aliphatic rings. The third kappa shape index (κ3) is 4.50. The number of nitrogens with zero attached hydrogens (tertiary/aromatic N) is 3. The van der Waals surface area contributed by atoms with E-state index in [1.807, 2.05) is 37.3 Å². The molecule has 0 spiro atoms. The first-order valence-electron chi connectivity index (χ1n) is 8.10. The number of rotatable bonds is 6. The second-order valence-electron chi connectivity index (χ2n) is 5.88. The van der Waals surface area contributed by atoms with Gasteiger partial charge in [0.2, 0.25) is 11.1 Å². The third-order valence-electron chi connectivity index (χ3n) is 3.93. The zero-order valence-electron chi connectivity index (χ0n) is 14.7. The molecule has 0 unspecified atom stereocenters. The van der Waals surface area contributed by atoms with Crippen LogP contribution in [0.2, 0.25) is 0 Å². The van der Waals surface area contributed by atoms with E-state index < -0.39 is 4.92 Å². The number of anilines is 1. The number of aromatic amines is 1. The van der Waals surface area contributed by atoms with Gasteiger partial charge in [-0.25, -0.2) is 4.98 Å². The Labute approximate surface area is 159 Å². The summed E-state index contributed by atoms with van der Waals surface area (Å²) in [6.45, 7) is 3.62. The molecule has 0 fully saturated rings. The highest BCUT2D eigenvalue weighted by molar-refractivity contribution is 7.99. The number of nitro benzene ring substituents is 1. The van der Waals surface area contributed by atoms with Crippen molar-refractivity contribution in [2.45, 2.75) is 19.0 Å². The quantitative estimate of drug-likeness (QED) is 0.381. The Morgan fingerprint density at radius 3 is 2.63 bits per heavy atom. The summed E-state index contributed by atoms with van der Waals surface area (Å²) in [5.74, 6) is 0.289. The molecule has 0 bridgehead atoms. The lowest BCUT2D eigenvalue weighted by atomic mass is 10.1. The van der Waals surface area contributed by atoms with Gasteiger partial charge in [-0.05, 0) is 31.0 Å².